The van der Waals surface area contributed by atoms with Crippen LogP contribution in [0.2, 0.25) is 0 Å². The molecule has 18 heavy (non-hydrogen) atoms. The molecule has 108 valence electrons. The number of hydrogen-bond acceptors (Lipinski definition) is 3. The van der Waals surface area contributed by atoms with E-state index in [2.05, 4.69) is 32.6 Å². The molecule has 4 nitrogen and oxygen atoms in total. The first-order chi connectivity index (χ1) is 8.46. The maximum atomic E-state index is 12.2. The second kappa shape index (κ2) is 9.34. The van der Waals surface area contributed by atoms with Gasteiger partial charge in [0.05, 0.1) is 0 Å². The molecule has 1 amide bonds. The van der Waals surface area contributed by atoms with E-state index in [-0.39, 0.29) is 11.8 Å². The first-order valence-electron chi connectivity index (χ1n) is 7.17. The molecule has 1 unspecified atom stereocenters. The summed E-state index contributed by atoms with van der Waals surface area (Å²) < 4.78 is 0. The molecule has 0 saturated heterocycles. The second-order valence-corrected chi connectivity index (χ2v) is 5.34. The van der Waals surface area contributed by atoms with Crippen LogP contribution in [0, 0.1) is 11.8 Å². The van der Waals surface area contributed by atoms with E-state index in [4.69, 9.17) is 5.73 Å². The number of likely N-dealkylation sites (N-methyl/N-ethyl adjacent to an activating group) is 1. The number of hydrogen-bond donors (Lipinski definition) is 1. The zero-order chi connectivity index (χ0) is 14.1. The van der Waals surface area contributed by atoms with Gasteiger partial charge in [0.15, 0.2) is 0 Å². The molecular formula is C14H31N3O. The fourth-order valence-electron chi connectivity index (χ4n) is 1.95. The van der Waals surface area contributed by atoms with E-state index in [9.17, 15) is 4.79 Å². The lowest BCUT2D eigenvalue weighted by Crippen LogP contribution is -2.44. The highest BCUT2D eigenvalue weighted by molar-refractivity contribution is 5.78. The van der Waals surface area contributed by atoms with E-state index >= 15 is 0 Å². The van der Waals surface area contributed by atoms with Crippen LogP contribution in [0.4, 0.5) is 0 Å². The van der Waals surface area contributed by atoms with Crippen LogP contribution >= 0.6 is 0 Å². The molecule has 2 N–H and O–H groups in total. The molecule has 0 rings (SSSR count). The summed E-state index contributed by atoms with van der Waals surface area (Å²) in [7, 11) is 0. The normalized spacial score (nSPS) is 13.1. The van der Waals surface area contributed by atoms with E-state index < -0.39 is 0 Å². The molecule has 4 heteroatoms. The summed E-state index contributed by atoms with van der Waals surface area (Å²) in [6.07, 6.45) is 0. The molecule has 0 spiro atoms. The Hall–Kier alpha value is -0.610. The summed E-state index contributed by atoms with van der Waals surface area (Å²) in [5, 5.41) is 0. The Morgan fingerprint density at radius 1 is 1.11 bits per heavy atom. The van der Waals surface area contributed by atoms with Gasteiger partial charge < -0.3 is 15.5 Å². The van der Waals surface area contributed by atoms with Crippen LogP contribution < -0.4 is 5.73 Å². The van der Waals surface area contributed by atoms with E-state index in [1.54, 1.807) is 0 Å². The monoisotopic (exact) mass is 257 g/mol. The number of carbonyl (C=O) groups is 1. The molecule has 0 bridgehead atoms. The van der Waals surface area contributed by atoms with Crippen LogP contribution in [0.5, 0.6) is 0 Å². The molecule has 0 saturated carbocycles. The first kappa shape index (κ1) is 17.4. The van der Waals surface area contributed by atoms with Crippen molar-refractivity contribution in [2.75, 3.05) is 39.3 Å². The van der Waals surface area contributed by atoms with Gasteiger partial charge in [0, 0.05) is 32.1 Å². The van der Waals surface area contributed by atoms with Crippen LogP contribution in [0.1, 0.15) is 34.6 Å². The van der Waals surface area contributed by atoms with Gasteiger partial charge in [-0.15, -0.1) is 0 Å². The topological polar surface area (TPSA) is 49.6 Å². The van der Waals surface area contributed by atoms with Gasteiger partial charge in [-0.25, -0.2) is 0 Å². The maximum absolute atomic E-state index is 12.2. The average Bonchev–Trinajstić information content (AvgIpc) is 2.36. The third kappa shape index (κ3) is 6.36. The molecule has 0 aliphatic heterocycles. The SMILES string of the molecule is CCN(CC)CCN(CC(C)C)C(=O)C(C)CN. The van der Waals surface area contributed by atoms with Gasteiger partial charge in [-0.05, 0) is 19.0 Å². The quantitative estimate of drug-likeness (QED) is 0.679. The lowest BCUT2D eigenvalue weighted by molar-refractivity contribution is -0.135. The van der Waals surface area contributed by atoms with Gasteiger partial charge in [-0.1, -0.05) is 34.6 Å². The third-order valence-electron chi connectivity index (χ3n) is 3.25. The van der Waals surface area contributed by atoms with Crippen molar-refractivity contribution >= 4 is 5.91 Å². The summed E-state index contributed by atoms with van der Waals surface area (Å²) in [5.41, 5.74) is 5.59. The number of nitrogens with two attached hydrogens (primary N) is 1. The van der Waals surface area contributed by atoms with E-state index in [0.29, 0.717) is 12.5 Å². The number of nitrogens with zero attached hydrogens (tertiary/aromatic N) is 2. The Balaban J connectivity index is 4.44. The summed E-state index contributed by atoms with van der Waals surface area (Å²) >= 11 is 0. The average molecular weight is 257 g/mol. The highest BCUT2D eigenvalue weighted by atomic mass is 16.2. The lowest BCUT2D eigenvalue weighted by atomic mass is 10.1. The van der Waals surface area contributed by atoms with Crippen molar-refractivity contribution in [1.82, 2.24) is 9.80 Å². The molecule has 0 aromatic carbocycles. The van der Waals surface area contributed by atoms with Crippen LogP contribution in [0.3, 0.4) is 0 Å². The van der Waals surface area contributed by atoms with Gasteiger partial charge in [0.2, 0.25) is 5.91 Å². The minimum absolute atomic E-state index is 0.0690. The van der Waals surface area contributed by atoms with Crippen molar-refractivity contribution in [3.63, 3.8) is 0 Å². The van der Waals surface area contributed by atoms with E-state index in [0.717, 1.165) is 32.7 Å². The Bertz CT molecular complexity index is 227. The van der Waals surface area contributed by atoms with Gasteiger partial charge >= 0.3 is 0 Å². The van der Waals surface area contributed by atoms with Crippen LogP contribution in [0.25, 0.3) is 0 Å². The van der Waals surface area contributed by atoms with Crippen molar-refractivity contribution in [2.24, 2.45) is 17.6 Å². The molecule has 0 aromatic heterocycles. The highest BCUT2D eigenvalue weighted by Gasteiger charge is 2.20. The highest BCUT2D eigenvalue weighted by Crippen LogP contribution is 2.06. The second-order valence-electron chi connectivity index (χ2n) is 5.34. The smallest absolute Gasteiger partial charge is 0.226 e. The molecular weight excluding hydrogens is 226 g/mol. The predicted octanol–water partition coefficient (Wildman–Crippen LogP) is 1.41. The summed E-state index contributed by atoms with van der Waals surface area (Å²) in [5.74, 6) is 0.620. The number of carbonyl (C=O) groups excluding carboxylic acids is 1. The van der Waals surface area contributed by atoms with Crippen LogP contribution in [0.15, 0.2) is 0 Å². The molecule has 1 atom stereocenters. The van der Waals surface area contributed by atoms with E-state index in [1.165, 1.54) is 0 Å². The van der Waals surface area contributed by atoms with Crippen molar-refractivity contribution in [2.45, 2.75) is 34.6 Å². The Labute approximate surface area is 113 Å². The molecule has 0 aliphatic carbocycles. The van der Waals surface area contributed by atoms with Gasteiger partial charge in [0.1, 0.15) is 0 Å². The lowest BCUT2D eigenvalue weighted by Gasteiger charge is -2.29. The first-order valence-corrected chi connectivity index (χ1v) is 7.17. The summed E-state index contributed by atoms with van der Waals surface area (Å²) in [4.78, 5) is 16.5. The Kier molecular flexibility index (Phi) is 9.02. The van der Waals surface area contributed by atoms with Gasteiger partial charge in [0.25, 0.3) is 0 Å². The van der Waals surface area contributed by atoms with Crippen LogP contribution in [-0.4, -0.2) is 55.0 Å². The zero-order valence-corrected chi connectivity index (χ0v) is 12.8. The standard InChI is InChI=1S/C14H31N3O/c1-6-16(7-2)8-9-17(11-12(3)4)14(18)13(5)10-15/h12-13H,6-11,15H2,1-5H3. The zero-order valence-electron chi connectivity index (χ0n) is 12.8. The van der Waals surface area contributed by atoms with Crippen molar-refractivity contribution in [3.8, 4) is 0 Å². The molecule has 0 heterocycles. The van der Waals surface area contributed by atoms with E-state index in [1.807, 2.05) is 11.8 Å². The third-order valence-corrected chi connectivity index (χ3v) is 3.25. The molecule has 0 radical (unpaired) electrons. The Morgan fingerprint density at radius 2 is 1.67 bits per heavy atom. The summed E-state index contributed by atoms with van der Waals surface area (Å²) in [6.45, 7) is 15.6. The maximum Gasteiger partial charge on any atom is 0.226 e. The number of amides is 1. The van der Waals surface area contributed by atoms with Gasteiger partial charge in [-0.2, -0.15) is 0 Å². The minimum atomic E-state index is -0.0690. The largest absolute Gasteiger partial charge is 0.341 e. The molecule has 0 aromatic rings. The number of rotatable bonds is 9. The summed E-state index contributed by atoms with van der Waals surface area (Å²) in [6, 6.07) is 0. The van der Waals surface area contributed by atoms with Crippen LogP contribution in [-0.2, 0) is 4.79 Å². The van der Waals surface area contributed by atoms with Crippen molar-refractivity contribution in [3.05, 3.63) is 0 Å². The van der Waals surface area contributed by atoms with Crippen molar-refractivity contribution in [1.29, 1.82) is 0 Å². The predicted molar refractivity (Wildman–Crippen MR) is 77.4 cm³/mol. The van der Waals surface area contributed by atoms with Crippen molar-refractivity contribution < 1.29 is 4.79 Å². The minimum Gasteiger partial charge on any atom is -0.341 e. The molecule has 0 aliphatic rings. The fraction of sp³-hybridized carbons (Fsp3) is 0.929. The molecule has 0 fully saturated rings. The van der Waals surface area contributed by atoms with Gasteiger partial charge in [-0.3, -0.25) is 4.79 Å². The fourth-order valence-corrected chi connectivity index (χ4v) is 1.95. The Morgan fingerprint density at radius 3 is 2.06 bits per heavy atom.